The van der Waals surface area contributed by atoms with Crippen molar-refractivity contribution in [2.75, 3.05) is 12.8 Å². The summed E-state index contributed by atoms with van der Waals surface area (Å²) in [6.45, 7) is 3.06. The minimum Gasteiger partial charge on any atom is -0.269 e. The molecule has 82 valence electrons. The topological polar surface area (TPSA) is 54.5 Å². The lowest BCUT2D eigenvalue weighted by Crippen LogP contribution is -2.42. The van der Waals surface area contributed by atoms with Crippen molar-refractivity contribution < 1.29 is 13.2 Å². The fourth-order valence-electron chi connectivity index (χ4n) is 0.628. The number of nitrogens with zero attached hydrogens (tertiary/aromatic N) is 1. The van der Waals surface area contributed by atoms with Crippen LogP contribution >= 0.6 is 34.8 Å². The van der Waals surface area contributed by atoms with Crippen LogP contribution in [0.15, 0.2) is 12.7 Å². The molecule has 0 heterocycles. The summed E-state index contributed by atoms with van der Waals surface area (Å²) in [5, 5.41) is 0. The largest absolute Gasteiger partial charge is 0.288 e. The maximum absolute atomic E-state index is 11.3. The van der Waals surface area contributed by atoms with Gasteiger partial charge in [0.1, 0.15) is 0 Å². The zero-order chi connectivity index (χ0) is 11.6. The number of sulfonamides is 1. The summed E-state index contributed by atoms with van der Waals surface area (Å²) in [4.78, 5) is 11.3. The standard InChI is InChI=1S/C6H8Cl3NO3S/c1-3-4-10(14(2,12)13)5(11)6(7,8)9/h3H,1,4H2,2H3. The first-order valence-electron chi connectivity index (χ1n) is 3.30. The van der Waals surface area contributed by atoms with E-state index in [-0.39, 0.29) is 6.54 Å². The van der Waals surface area contributed by atoms with Crippen molar-refractivity contribution in [3.05, 3.63) is 12.7 Å². The third kappa shape index (κ3) is 4.04. The van der Waals surface area contributed by atoms with Crippen LogP contribution in [0.1, 0.15) is 0 Å². The zero-order valence-electron chi connectivity index (χ0n) is 7.21. The molecule has 0 atom stereocenters. The molecule has 0 aliphatic rings. The van der Waals surface area contributed by atoms with E-state index >= 15 is 0 Å². The maximum atomic E-state index is 11.3. The summed E-state index contributed by atoms with van der Waals surface area (Å²) in [5.41, 5.74) is 0. The maximum Gasteiger partial charge on any atom is 0.288 e. The van der Waals surface area contributed by atoms with Gasteiger partial charge < -0.3 is 0 Å². The predicted octanol–water partition coefficient (Wildman–Crippen LogP) is 1.33. The summed E-state index contributed by atoms with van der Waals surface area (Å²) in [6.07, 6.45) is 2.06. The molecule has 0 aromatic heterocycles. The highest BCUT2D eigenvalue weighted by Crippen LogP contribution is 2.29. The first-order chi connectivity index (χ1) is 6.10. The molecule has 0 aromatic rings. The molecule has 0 unspecified atom stereocenters. The zero-order valence-corrected chi connectivity index (χ0v) is 10.3. The Kier molecular flexibility index (Phi) is 4.71. The van der Waals surface area contributed by atoms with Gasteiger partial charge in [0.25, 0.3) is 9.70 Å². The Balaban J connectivity index is 5.06. The van der Waals surface area contributed by atoms with Crippen LogP contribution in [0.3, 0.4) is 0 Å². The van der Waals surface area contributed by atoms with E-state index < -0.39 is 19.7 Å². The third-order valence-electron chi connectivity index (χ3n) is 1.16. The quantitative estimate of drug-likeness (QED) is 0.579. The summed E-state index contributed by atoms with van der Waals surface area (Å²) < 4.78 is 20.3. The van der Waals surface area contributed by atoms with Gasteiger partial charge in [-0.3, -0.25) is 4.79 Å². The number of halogens is 3. The summed E-state index contributed by atoms with van der Waals surface area (Å²) in [5.74, 6) is -1.12. The van der Waals surface area contributed by atoms with Crippen molar-refractivity contribution in [3.63, 3.8) is 0 Å². The molecule has 0 saturated carbocycles. The van der Waals surface area contributed by atoms with Crippen LogP contribution in [0.2, 0.25) is 0 Å². The van der Waals surface area contributed by atoms with Gasteiger partial charge in [-0.1, -0.05) is 40.9 Å². The van der Waals surface area contributed by atoms with Gasteiger partial charge >= 0.3 is 0 Å². The van der Waals surface area contributed by atoms with Crippen LogP contribution in [0.25, 0.3) is 0 Å². The van der Waals surface area contributed by atoms with Gasteiger partial charge in [0.2, 0.25) is 10.0 Å². The van der Waals surface area contributed by atoms with Crippen molar-refractivity contribution in [3.8, 4) is 0 Å². The molecule has 0 aromatic carbocycles. The normalized spacial score (nSPS) is 12.3. The number of carbonyl (C=O) groups excluding carboxylic acids is 1. The van der Waals surface area contributed by atoms with Crippen molar-refractivity contribution in [2.45, 2.75) is 3.79 Å². The van der Waals surface area contributed by atoms with Gasteiger partial charge in [-0.05, 0) is 0 Å². The average molecular weight is 281 g/mol. The Morgan fingerprint density at radius 2 is 1.93 bits per heavy atom. The molecule has 0 rings (SSSR count). The molecule has 0 aliphatic heterocycles. The van der Waals surface area contributed by atoms with E-state index in [0.29, 0.717) is 4.31 Å². The minimum absolute atomic E-state index is 0.231. The lowest BCUT2D eigenvalue weighted by Gasteiger charge is -2.22. The molecule has 0 saturated heterocycles. The molecule has 0 bridgehead atoms. The van der Waals surface area contributed by atoms with Crippen molar-refractivity contribution >= 4 is 50.7 Å². The van der Waals surface area contributed by atoms with E-state index in [1.54, 1.807) is 0 Å². The van der Waals surface area contributed by atoms with Crippen LogP contribution < -0.4 is 0 Å². The minimum atomic E-state index is -3.75. The van der Waals surface area contributed by atoms with Gasteiger partial charge in [-0.2, -0.15) is 0 Å². The monoisotopic (exact) mass is 279 g/mol. The number of rotatable bonds is 3. The molecule has 1 amide bonds. The Morgan fingerprint density at radius 3 is 2.14 bits per heavy atom. The number of hydrogen-bond donors (Lipinski definition) is 0. The molecule has 0 spiro atoms. The van der Waals surface area contributed by atoms with E-state index in [2.05, 4.69) is 6.58 Å². The molecular weight excluding hydrogens is 272 g/mol. The SMILES string of the molecule is C=CCN(C(=O)C(Cl)(Cl)Cl)S(C)(=O)=O. The van der Waals surface area contributed by atoms with Gasteiger partial charge in [-0.25, -0.2) is 12.7 Å². The van der Waals surface area contributed by atoms with Crippen LogP contribution in [0.4, 0.5) is 0 Å². The van der Waals surface area contributed by atoms with Crippen molar-refractivity contribution in [1.29, 1.82) is 0 Å². The van der Waals surface area contributed by atoms with E-state index in [4.69, 9.17) is 34.8 Å². The molecule has 4 nitrogen and oxygen atoms in total. The van der Waals surface area contributed by atoms with Gasteiger partial charge in [0.05, 0.1) is 12.8 Å². The van der Waals surface area contributed by atoms with Crippen LogP contribution in [0.5, 0.6) is 0 Å². The molecular formula is C6H8Cl3NO3S. The number of carbonyl (C=O) groups is 1. The first-order valence-corrected chi connectivity index (χ1v) is 6.28. The lowest BCUT2D eigenvalue weighted by molar-refractivity contribution is -0.125. The molecule has 0 fully saturated rings. The van der Waals surface area contributed by atoms with Crippen LogP contribution in [-0.4, -0.2) is 35.2 Å². The Morgan fingerprint density at radius 1 is 1.50 bits per heavy atom. The highest BCUT2D eigenvalue weighted by molar-refractivity contribution is 7.88. The predicted molar refractivity (Wildman–Crippen MR) is 57.0 cm³/mol. The third-order valence-corrected chi connectivity index (χ3v) is 2.76. The molecule has 14 heavy (non-hydrogen) atoms. The second-order valence-electron chi connectivity index (χ2n) is 2.39. The average Bonchev–Trinajstić information content (AvgIpc) is 1.94. The van der Waals surface area contributed by atoms with Gasteiger partial charge in [0.15, 0.2) is 0 Å². The summed E-state index contributed by atoms with van der Waals surface area (Å²) in [6, 6.07) is 0. The van der Waals surface area contributed by atoms with E-state index in [1.807, 2.05) is 0 Å². The molecule has 0 radical (unpaired) electrons. The lowest BCUT2D eigenvalue weighted by atomic mass is 10.6. The van der Waals surface area contributed by atoms with Crippen molar-refractivity contribution in [1.82, 2.24) is 4.31 Å². The number of hydrogen-bond acceptors (Lipinski definition) is 3. The Hall–Kier alpha value is 0.0300. The van der Waals surface area contributed by atoms with Gasteiger partial charge in [0, 0.05) is 0 Å². The molecule has 8 heteroatoms. The van der Waals surface area contributed by atoms with Crippen LogP contribution in [-0.2, 0) is 14.8 Å². The fraction of sp³-hybridized carbons (Fsp3) is 0.500. The van der Waals surface area contributed by atoms with Gasteiger partial charge in [-0.15, -0.1) is 6.58 Å². The second-order valence-corrected chi connectivity index (χ2v) is 6.57. The molecule has 0 aliphatic carbocycles. The Labute approximate surface area is 97.5 Å². The van der Waals surface area contributed by atoms with Crippen LogP contribution in [0, 0.1) is 0 Å². The van der Waals surface area contributed by atoms with E-state index in [9.17, 15) is 13.2 Å². The highest BCUT2D eigenvalue weighted by Gasteiger charge is 2.38. The first kappa shape index (κ1) is 14.0. The highest BCUT2D eigenvalue weighted by atomic mass is 35.6. The van der Waals surface area contributed by atoms with E-state index in [0.717, 1.165) is 6.26 Å². The smallest absolute Gasteiger partial charge is 0.269 e. The second kappa shape index (κ2) is 4.70. The number of amides is 1. The summed E-state index contributed by atoms with van der Waals surface area (Å²) in [7, 11) is -3.75. The number of alkyl halides is 3. The Bertz CT molecular complexity index is 333. The van der Waals surface area contributed by atoms with Crippen molar-refractivity contribution in [2.24, 2.45) is 0 Å². The molecule has 0 N–H and O–H groups in total. The van der Waals surface area contributed by atoms with E-state index in [1.165, 1.54) is 6.08 Å². The summed E-state index contributed by atoms with van der Waals surface area (Å²) >= 11 is 15.8. The fourth-order valence-corrected chi connectivity index (χ4v) is 1.90.